The number of fused-ring (bicyclic) bond motifs is 1. The third-order valence-corrected chi connectivity index (χ3v) is 11.1. The molecule has 3 heteroatoms. The average molecular weight is 441 g/mol. The Hall–Kier alpha value is -1.84. The van der Waals surface area contributed by atoms with E-state index in [1.165, 1.54) is 70.1 Å². The van der Waals surface area contributed by atoms with Crippen LogP contribution >= 0.6 is 0 Å². The third kappa shape index (κ3) is 2.48. The van der Waals surface area contributed by atoms with Crippen molar-refractivity contribution in [2.75, 3.05) is 19.6 Å². The molecule has 6 atom stereocenters. The van der Waals surface area contributed by atoms with Crippen molar-refractivity contribution in [3.05, 3.63) is 65.2 Å². The number of benzene rings is 2. The van der Waals surface area contributed by atoms with Gasteiger partial charge in [-0.15, -0.1) is 0 Å². The topological polar surface area (TPSA) is 26.7 Å². The minimum Gasteiger partial charge on any atom is -0.508 e. The number of phenols is 1. The van der Waals surface area contributed by atoms with E-state index < -0.39 is 0 Å². The molecular formula is C30H36N2O. The molecule has 3 saturated carbocycles. The number of piperidine rings is 1. The molecule has 0 unspecified atom stereocenters. The standard InChI is InChI=1S/C30H36N2O/c33-24-9-8-22-14-27-29-11-10-26-28(23(16-29)19-32(26)18-20-4-2-1-3-5-20)30(29,25(22)15-24)12-13-31(27)17-21-6-7-21/h1-5,8-9,15,21,23,26-28,33H,6-7,10-14,16-19H2/t23-,26-,27-,28-,29-,30+/m1/s1. The molecule has 8 rings (SSSR count). The van der Waals surface area contributed by atoms with Crippen molar-refractivity contribution in [2.45, 2.75) is 69.0 Å². The molecule has 5 fully saturated rings. The maximum atomic E-state index is 10.6. The van der Waals surface area contributed by atoms with Crippen LogP contribution in [0.15, 0.2) is 48.5 Å². The van der Waals surface area contributed by atoms with E-state index in [0.29, 0.717) is 17.2 Å². The first-order chi connectivity index (χ1) is 16.2. The van der Waals surface area contributed by atoms with Crippen LogP contribution in [0.25, 0.3) is 0 Å². The summed E-state index contributed by atoms with van der Waals surface area (Å²) in [7, 11) is 0. The number of aromatic hydroxyl groups is 1. The van der Waals surface area contributed by atoms with E-state index in [4.69, 9.17) is 0 Å². The number of hydrogen-bond acceptors (Lipinski definition) is 3. The van der Waals surface area contributed by atoms with Crippen LogP contribution in [-0.4, -0.2) is 46.6 Å². The van der Waals surface area contributed by atoms with Crippen LogP contribution in [0.2, 0.25) is 0 Å². The summed E-state index contributed by atoms with van der Waals surface area (Å²) in [6.07, 6.45) is 9.60. The molecular weight excluding hydrogens is 404 g/mol. The van der Waals surface area contributed by atoms with Crippen molar-refractivity contribution in [2.24, 2.45) is 23.2 Å². The van der Waals surface area contributed by atoms with Gasteiger partial charge in [0.1, 0.15) is 5.75 Å². The van der Waals surface area contributed by atoms with E-state index in [-0.39, 0.29) is 5.41 Å². The van der Waals surface area contributed by atoms with Crippen molar-refractivity contribution in [1.82, 2.24) is 9.80 Å². The van der Waals surface area contributed by atoms with Crippen LogP contribution in [0, 0.1) is 23.2 Å². The fourth-order valence-corrected chi connectivity index (χ4v) is 10.1. The molecule has 1 N–H and O–H groups in total. The fraction of sp³-hybridized carbons (Fsp3) is 0.600. The van der Waals surface area contributed by atoms with Crippen LogP contribution < -0.4 is 0 Å². The van der Waals surface area contributed by atoms with Crippen LogP contribution in [0.3, 0.4) is 0 Å². The predicted molar refractivity (Wildman–Crippen MR) is 130 cm³/mol. The lowest BCUT2D eigenvalue weighted by Gasteiger charge is -2.66. The zero-order valence-corrected chi connectivity index (χ0v) is 19.6. The molecule has 0 radical (unpaired) electrons. The molecule has 2 aromatic rings. The Balaban J connectivity index is 1.24. The summed E-state index contributed by atoms with van der Waals surface area (Å²) < 4.78 is 0. The molecule has 0 amide bonds. The Bertz CT molecular complexity index is 1100. The summed E-state index contributed by atoms with van der Waals surface area (Å²) in [4.78, 5) is 5.81. The minimum atomic E-state index is 0.281. The van der Waals surface area contributed by atoms with Crippen molar-refractivity contribution in [1.29, 1.82) is 0 Å². The molecule has 2 aromatic carbocycles. The molecule has 0 aromatic heterocycles. The fourth-order valence-electron chi connectivity index (χ4n) is 10.1. The largest absolute Gasteiger partial charge is 0.508 e. The van der Waals surface area contributed by atoms with Gasteiger partial charge in [-0.05, 0) is 103 Å². The summed E-state index contributed by atoms with van der Waals surface area (Å²) in [5.41, 5.74) is 5.29. The second-order valence-electron chi connectivity index (χ2n) is 12.4. The van der Waals surface area contributed by atoms with Gasteiger partial charge in [-0.25, -0.2) is 0 Å². The molecule has 4 bridgehead atoms. The molecule has 2 aliphatic heterocycles. The van der Waals surface area contributed by atoms with Gasteiger partial charge in [0.05, 0.1) is 0 Å². The number of nitrogens with zero attached hydrogens (tertiary/aromatic N) is 2. The summed E-state index contributed by atoms with van der Waals surface area (Å²) in [6, 6.07) is 19.0. The van der Waals surface area contributed by atoms with Crippen LogP contribution in [0.1, 0.15) is 55.2 Å². The molecule has 33 heavy (non-hydrogen) atoms. The summed E-state index contributed by atoms with van der Waals surface area (Å²) in [5.74, 6) is 3.03. The van der Waals surface area contributed by atoms with E-state index in [9.17, 15) is 5.11 Å². The molecule has 3 nitrogen and oxygen atoms in total. The van der Waals surface area contributed by atoms with Gasteiger partial charge in [-0.1, -0.05) is 36.4 Å². The SMILES string of the molecule is Oc1ccc2c(c1)[C@]13CCN(CC4CC4)[C@H](C2)[C@]12CC[C@@H]1[C@H]3[C@@H](CN1Cc1ccccc1)C2. The van der Waals surface area contributed by atoms with Crippen LogP contribution in [-0.2, 0) is 18.4 Å². The van der Waals surface area contributed by atoms with Gasteiger partial charge >= 0.3 is 0 Å². The molecule has 4 aliphatic carbocycles. The Morgan fingerprint density at radius 2 is 1.85 bits per heavy atom. The summed E-state index contributed by atoms with van der Waals surface area (Å²) in [6.45, 7) is 4.99. The lowest BCUT2D eigenvalue weighted by atomic mass is 9.43. The Morgan fingerprint density at radius 3 is 2.70 bits per heavy atom. The average Bonchev–Trinajstić information content (AvgIpc) is 3.53. The molecule has 2 saturated heterocycles. The maximum Gasteiger partial charge on any atom is 0.115 e. The Kier molecular flexibility index (Phi) is 3.91. The van der Waals surface area contributed by atoms with Gasteiger partial charge in [0.15, 0.2) is 0 Å². The highest BCUT2D eigenvalue weighted by molar-refractivity contribution is 5.50. The maximum absolute atomic E-state index is 10.6. The Morgan fingerprint density at radius 1 is 0.970 bits per heavy atom. The highest BCUT2D eigenvalue weighted by Gasteiger charge is 2.75. The van der Waals surface area contributed by atoms with Crippen molar-refractivity contribution >= 4 is 0 Å². The summed E-state index contributed by atoms with van der Waals surface area (Å²) in [5, 5.41) is 10.6. The smallest absolute Gasteiger partial charge is 0.115 e. The van der Waals surface area contributed by atoms with E-state index in [0.717, 1.165) is 30.3 Å². The molecule has 172 valence electrons. The number of rotatable bonds is 4. The Labute approximate surface area is 197 Å². The van der Waals surface area contributed by atoms with Gasteiger partial charge in [0, 0.05) is 37.1 Å². The summed E-state index contributed by atoms with van der Waals surface area (Å²) >= 11 is 0. The quantitative estimate of drug-likeness (QED) is 0.727. The van der Waals surface area contributed by atoms with Gasteiger partial charge < -0.3 is 5.11 Å². The first-order valence-electron chi connectivity index (χ1n) is 13.5. The van der Waals surface area contributed by atoms with Crippen molar-refractivity contribution < 1.29 is 5.11 Å². The van der Waals surface area contributed by atoms with E-state index in [1.807, 2.05) is 6.07 Å². The van der Waals surface area contributed by atoms with E-state index >= 15 is 0 Å². The zero-order chi connectivity index (χ0) is 21.8. The lowest BCUT2D eigenvalue weighted by Crippen LogP contribution is -2.69. The predicted octanol–water partition coefficient (Wildman–Crippen LogP) is 4.97. The number of likely N-dealkylation sites (tertiary alicyclic amines) is 2. The first-order valence-corrected chi connectivity index (χ1v) is 13.5. The van der Waals surface area contributed by atoms with Crippen molar-refractivity contribution in [3.63, 3.8) is 0 Å². The molecule has 0 spiro atoms. The van der Waals surface area contributed by atoms with E-state index in [1.54, 1.807) is 11.1 Å². The van der Waals surface area contributed by atoms with Gasteiger partial charge in [-0.3, -0.25) is 9.80 Å². The normalized spacial score (nSPS) is 41.1. The second kappa shape index (κ2) is 6.64. The second-order valence-corrected chi connectivity index (χ2v) is 12.4. The first kappa shape index (κ1) is 19.5. The minimum absolute atomic E-state index is 0.281. The highest BCUT2D eigenvalue weighted by atomic mass is 16.3. The third-order valence-electron chi connectivity index (χ3n) is 11.1. The number of phenolic OH excluding ortho intramolecular Hbond substituents is 1. The van der Waals surface area contributed by atoms with Gasteiger partial charge in [0.2, 0.25) is 0 Å². The molecule has 6 aliphatic rings. The van der Waals surface area contributed by atoms with Crippen LogP contribution in [0.4, 0.5) is 0 Å². The monoisotopic (exact) mass is 440 g/mol. The van der Waals surface area contributed by atoms with Crippen LogP contribution in [0.5, 0.6) is 5.75 Å². The highest BCUT2D eigenvalue weighted by Crippen LogP contribution is 2.75. The van der Waals surface area contributed by atoms with Gasteiger partial charge in [-0.2, -0.15) is 0 Å². The number of hydrogen-bond donors (Lipinski definition) is 1. The zero-order valence-electron chi connectivity index (χ0n) is 19.6. The lowest BCUT2D eigenvalue weighted by molar-refractivity contribution is -0.105. The van der Waals surface area contributed by atoms with Crippen molar-refractivity contribution in [3.8, 4) is 5.75 Å². The molecule has 2 heterocycles. The van der Waals surface area contributed by atoms with E-state index in [2.05, 4.69) is 52.3 Å². The van der Waals surface area contributed by atoms with Gasteiger partial charge in [0.25, 0.3) is 0 Å².